The Morgan fingerprint density at radius 1 is 1.07 bits per heavy atom. The second-order valence-electron chi connectivity index (χ2n) is 7.76. The fourth-order valence-electron chi connectivity index (χ4n) is 3.68. The largest absolute Gasteiger partial charge is 0.436 e. The number of aromatic nitrogens is 1. The van der Waals surface area contributed by atoms with Gasteiger partial charge in [0.2, 0.25) is 0 Å². The second kappa shape index (κ2) is 6.84. The first kappa shape index (κ1) is 18.9. The summed E-state index contributed by atoms with van der Waals surface area (Å²) >= 11 is 0. The van der Waals surface area contributed by atoms with Gasteiger partial charge in [0.1, 0.15) is 5.82 Å². The topological polar surface area (TPSA) is 88.3 Å². The minimum atomic E-state index is -0.931. The standard InChI is InChI=1S/C22H19FN2O4/c1-22(2,11-18-20(27)25-21(28)29-18)15-8-9-17(24-19(15)26)13-7-6-12-4-3-5-16(23)14(12)10-13/h3-10,18H,11H2,1-2H3,(H,24,26)(H,25,27,28). The molecule has 0 radical (unpaired) electrons. The van der Waals surface area contributed by atoms with Crippen LogP contribution < -0.4 is 10.9 Å². The average Bonchev–Trinajstić information content (AvgIpc) is 2.97. The highest BCUT2D eigenvalue weighted by atomic mass is 19.1. The van der Waals surface area contributed by atoms with Gasteiger partial charge in [0.25, 0.3) is 11.5 Å². The Kier molecular flexibility index (Phi) is 4.45. The maximum absolute atomic E-state index is 14.1. The van der Waals surface area contributed by atoms with E-state index < -0.39 is 23.5 Å². The molecule has 1 saturated heterocycles. The lowest BCUT2D eigenvalue weighted by Gasteiger charge is -2.26. The van der Waals surface area contributed by atoms with Gasteiger partial charge in [-0.05, 0) is 34.6 Å². The third-order valence-corrected chi connectivity index (χ3v) is 5.24. The fourth-order valence-corrected chi connectivity index (χ4v) is 3.68. The number of amides is 2. The molecule has 1 atom stereocenters. The van der Waals surface area contributed by atoms with E-state index in [2.05, 4.69) is 10.3 Å². The Morgan fingerprint density at radius 3 is 2.55 bits per heavy atom. The number of benzene rings is 2. The molecule has 2 aromatic carbocycles. The number of aromatic amines is 1. The molecule has 1 fully saturated rings. The van der Waals surface area contributed by atoms with Crippen LogP contribution in [-0.4, -0.2) is 23.1 Å². The number of halogens is 1. The molecule has 0 bridgehead atoms. The van der Waals surface area contributed by atoms with E-state index >= 15 is 0 Å². The third kappa shape index (κ3) is 3.51. The summed E-state index contributed by atoms with van der Waals surface area (Å²) in [7, 11) is 0. The van der Waals surface area contributed by atoms with E-state index in [1.54, 1.807) is 30.3 Å². The molecule has 0 spiro atoms. The number of cyclic esters (lactones) is 1. The van der Waals surface area contributed by atoms with Gasteiger partial charge in [0, 0.05) is 23.1 Å². The van der Waals surface area contributed by atoms with E-state index in [1.165, 1.54) is 6.07 Å². The first-order valence-electron chi connectivity index (χ1n) is 9.18. The fraction of sp³-hybridized carbons (Fsp3) is 0.227. The number of nitrogens with one attached hydrogen (secondary N) is 2. The predicted molar refractivity (Wildman–Crippen MR) is 106 cm³/mol. The molecule has 1 aliphatic heterocycles. The summed E-state index contributed by atoms with van der Waals surface area (Å²) in [6, 6.07) is 13.6. The number of imide groups is 1. The minimum Gasteiger partial charge on any atom is -0.436 e. The maximum Gasteiger partial charge on any atom is 0.414 e. The zero-order valence-electron chi connectivity index (χ0n) is 15.9. The molecular formula is C22H19FN2O4. The van der Waals surface area contributed by atoms with Crippen LogP contribution in [0.3, 0.4) is 0 Å². The molecule has 0 saturated carbocycles. The van der Waals surface area contributed by atoms with Crippen molar-refractivity contribution in [2.45, 2.75) is 31.8 Å². The number of carbonyl (C=O) groups excluding carboxylic acids is 2. The van der Waals surface area contributed by atoms with Crippen molar-refractivity contribution >= 4 is 22.8 Å². The van der Waals surface area contributed by atoms with Crippen LogP contribution >= 0.6 is 0 Å². The van der Waals surface area contributed by atoms with Gasteiger partial charge < -0.3 is 9.72 Å². The Hall–Kier alpha value is -3.48. The van der Waals surface area contributed by atoms with E-state index in [-0.39, 0.29) is 17.8 Å². The van der Waals surface area contributed by atoms with Gasteiger partial charge in [-0.2, -0.15) is 0 Å². The lowest BCUT2D eigenvalue weighted by atomic mass is 9.80. The molecule has 1 unspecified atom stereocenters. The van der Waals surface area contributed by atoms with Crippen LogP contribution in [0.2, 0.25) is 0 Å². The second-order valence-corrected chi connectivity index (χ2v) is 7.76. The molecule has 4 rings (SSSR count). The normalized spacial score (nSPS) is 16.7. The Balaban J connectivity index is 1.66. The molecule has 2 heterocycles. The van der Waals surface area contributed by atoms with Crippen LogP contribution in [-0.2, 0) is 14.9 Å². The number of H-pyrrole nitrogens is 1. The highest BCUT2D eigenvalue weighted by Crippen LogP contribution is 2.30. The van der Waals surface area contributed by atoms with Crippen molar-refractivity contribution < 1.29 is 18.7 Å². The lowest BCUT2D eigenvalue weighted by molar-refractivity contribution is -0.124. The van der Waals surface area contributed by atoms with Crippen LogP contribution in [0.25, 0.3) is 22.0 Å². The van der Waals surface area contributed by atoms with Gasteiger partial charge in [-0.25, -0.2) is 9.18 Å². The summed E-state index contributed by atoms with van der Waals surface area (Å²) in [4.78, 5) is 38.6. The van der Waals surface area contributed by atoms with Crippen molar-refractivity contribution in [3.63, 3.8) is 0 Å². The van der Waals surface area contributed by atoms with Crippen molar-refractivity contribution in [2.75, 3.05) is 0 Å². The predicted octanol–water partition coefficient (Wildman–Crippen LogP) is 3.64. The van der Waals surface area contributed by atoms with Crippen LogP contribution in [0.15, 0.2) is 53.3 Å². The molecule has 1 aliphatic rings. The minimum absolute atomic E-state index is 0.175. The van der Waals surface area contributed by atoms with Crippen molar-refractivity contribution in [3.8, 4) is 11.3 Å². The van der Waals surface area contributed by atoms with Crippen LogP contribution in [0.1, 0.15) is 25.8 Å². The van der Waals surface area contributed by atoms with Crippen molar-refractivity contribution in [3.05, 3.63) is 70.3 Å². The van der Waals surface area contributed by atoms with Crippen LogP contribution in [0, 0.1) is 5.82 Å². The Labute approximate surface area is 165 Å². The van der Waals surface area contributed by atoms with Crippen LogP contribution in [0.5, 0.6) is 0 Å². The average molecular weight is 394 g/mol. The summed E-state index contributed by atoms with van der Waals surface area (Å²) in [6.07, 6.45) is -1.53. The summed E-state index contributed by atoms with van der Waals surface area (Å²) < 4.78 is 19.1. The van der Waals surface area contributed by atoms with Crippen molar-refractivity contribution in [1.29, 1.82) is 0 Å². The van der Waals surface area contributed by atoms with Crippen LogP contribution in [0.4, 0.5) is 9.18 Å². The van der Waals surface area contributed by atoms with E-state index in [0.29, 0.717) is 22.2 Å². The number of rotatable bonds is 4. The molecule has 2 N–H and O–H groups in total. The van der Waals surface area contributed by atoms with E-state index in [1.807, 2.05) is 26.0 Å². The zero-order chi connectivity index (χ0) is 20.8. The number of carbonyl (C=O) groups is 2. The molecule has 2 amide bonds. The lowest BCUT2D eigenvalue weighted by Crippen LogP contribution is -2.34. The van der Waals surface area contributed by atoms with E-state index in [0.717, 1.165) is 5.39 Å². The number of hydrogen-bond donors (Lipinski definition) is 2. The van der Waals surface area contributed by atoms with Gasteiger partial charge in [0.05, 0.1) is 0 Å². The molecule has 29 heavy (non-hydrogen) atoms. The number of hydrogen-bond acceptors (Lipinski definition) is 4. The number of pyridine rings is 1. The van der Waals surface area contributed by atoms with Gasteiger partial charge >= 0.3 is 6.09 Å². The van der Waals surface area contributed by atoms with E-state index in [9.17, 15) is 18.8 Å². The van der Waals surface area contributed by atoms with Gasteiger partial charge in [-0.1, -0.05) is 44.2 Å². The van der Waals surface area contributed by atoms with Gasteiger partial charge in [-0.3, -0.25) is 14.9 Å². The summed E-state index contributed by atoms with van der Waals surface area (Å²) in [5, 5.41) is 3.34. The maximum atomic E-state index is 14.1. The first-order valence-corrected chi connectivity index (χ1v) is 9.18. The Bertz CT molecular complexity index is 1200. The van der Waals surface area contributed by atoms with Gasteiger partial charge in [0.15, 0.2) is 6.10 Å². The molecular weight excluding hydrogens is 375 g/mol. The number of fused-ring (bicyclic) bond motifs is 1. The highest BCUT2D eigenvalue weighted by Gasteiger charge is 2.38. The van der Waals surface area contributed by atoms with Crippen molar-refractivity contribution in [1.82, 2.24) is 10.3 Å². The van der Waals surface area contributed by atoms with E-state index in [4.69, 9.17) is 4.74 Å². The zero-order valence-corrected chi connectivity index (χ0v) is 15.9. The molecule has 0 aliphatic carbocycles. The number of ether oxygens (including phenoxy) is 1. The summed E-state index contributed by atoms with van der Waals surface area (Å²) in [5.41, 5.74) is 0.682. The monoisotopic (exact) mass is 394 g/mol. The number of alkyl carbamates (subject to hydrolysis) is 1. The Morgan fingerprint density at radius 2 is 1.86 bits per heavy atom. The smallest absolute Gasteiger partial charge is 0.414 e. The summed E-state index contributed by atoms with van der Waals surface area (Å²) in [6.45, 7) is 3.62. The first-order chi connectivity index (χ1) is 13.7. The third-order valence-electron chi connectivity index (χ3n) is 5.24. The summed E-state index contributed by atoms with van der Waals surface area (Å²) in [5.74, 6) is -0.830. The molecule has 3 aromatic rings. The van der Waals surface area contributed by atoms with Crippen molar-refractivity contribution in [2.24, 2.45) is 0 Å². The van der Waals surface area contributed by atoms with Gasteiger partial charge in [-0.15, -0.1) is 0 Å². The highest BCUT2D eigenvalue weighted by molar-refractivity contribution is 6.00. The SMILES string of the molecule is CC(C)(CC1OC(=O)NC1=O)c1ccc(-c2ccc3cccc(F)c3c2)[nH]c1=O. The quantitative estimate of drug-likeness (QED) is 0.707. The molecule has 6 nitrogen and oxygen atoms in total. The molecule has 1 aromatic heterocycles. The molecule has 7 heteroatoms. The molecule has 148 valence electrons.